The molecule has 0 aliphatic heterocycles. The average molecular weight is 288 g/mol. The van der Waals surface area contributed by atoms with E-state index in [1.54, 1.807) is 18.2 Å². The molecule has 0 N–H and O–H groups in total. The molecule has 0 saturated heterocycles. The van der Waals surface area contributed by atoms with Crippen LogP contribution in [0.2, 0.25) is 5.02 Å². The lowest BCUT2D eigenvalue weighted by Gasteiger charge is -2.09. The minimum atomic E-state index is -0.572. The number of aromatic nitrogens is 2. The number of Topliss-reactive ketones (excluding diaryl/α,β-unsaturated/α-hetero) is 1. The van der Waals surface area contributed by atoms with E-state index in [-0.39, 0.29) is 17.0 Å². The maximum Gasteiger partial charge on any atom is 0.289 e. The Labute approximate surface area is 120 Å². The van der Waals surface area contributed by atoms with E-state index < -0.39 is 5.56 Å². The zero-order valence-corrected chi connectivity index (χ0v) is 11.6. The smallest absolute Gasteiger partial charge is 0.289 e. The Morgan fingerprint density at radius 2 is 2.15 bits per heavy atom. The van der Waals surface area contributed by atoms with Crippen molar-refractivity contribution in [2.45, 2.75) is 13.8 Å². The quantitative estimate of drug-likeness (QED) is 0.794. The van der Waals surface area contributed by atoms with Crippen molar-refractivity contribution < 1.29 is 4.79 Å². The third-order valence-electron chi connectivity index (χ3n) is 2.83. The number of halogens is 1. The van der Waals surface area contributed by atoms with Crippen LogP contribution in [0.1, 0.15) is 28.5 Å². The van der Waals surface area contributed by atoms with Gasteiger partial charge in [0.15, 0.2) is 5.78 Å². The number of benzene rings is 1. The average Bonchev–Trinajstić information content (AvgIpc) is 2.39. The van der Waals surface area contributed by atoms with Gasteiger partial charge in [-0.25, -0.2) is 0 Å². The van der Waals surface area contributed by atoms with Crippen LogP contribution < -0.4 is 5.56 Å². The van der Waals surface area contributed by atoms with Gasteiger partial charge in [-0.15, -0.1) is 0 Å². The molecule has 1 aromatic carbocycles. The Morgan fingerprint density at radius 3 is 2.70 bits per heavy atom. The fraction of sp³-hybridized carbons (Fsp3) is 0.143. The largest absolute Gasteiger partial charge is 0.293 e. The van der Waals surface area contributed by atoms with Crippen molar-refractivity contribution in [1.82, 2.24) is 9.78 Å². The summed E-state index contributed by atoms with van der Waals surface area (Å²) in [5, 5.41) is 13.6. The summed E-state index contributed by atoms with van der Waals surface area (Å²) in [6, 6.07) is 8.30. The Hall–Kier alpha value is -2.45. The van der Waals surface area contributed by atoms with Crippen molar-refractivity contribution in [3.05, 3.63) is 56.5 Å². The van der Waals surface area contributed by atoms with Gasteiger partial charge in [0.25, 0.3) is 5.56 Å². The fourth-order valence-corrected chi connectivity index (χ4v) is 2.04. The summed E-state index contributed by atoms with van der Waals surface area (Å²) in [6.07, 6.45) is 0. The van der Waals surface area contributed by atoms with Crippen LogP contribution in [0, 0.1) is 18.3 Å². The van der Waals surface area contributed by atoms with Gasteiger partial charge >= 0.3 is 0 Å². The van der Waals surface area contributed by atoms with E-state index in [4.69, 9.17) is 16.9 Å². The Morgan fingerprint density at radius 1 is 1.45 bits per heavy atom. The Bertz CT molecular complexity index is 803. The highest BCUT2D eigenvalue weighted by Gasteiger charge is 2.17. The van der Waals surface area contributed by atoms with E-state index in [1.165, 1.54) is 19.9 Å². The Balaban J connectivity index is 2.85. The summed E-state index contributed by atoms with van der Waals surface area (Å²) in [5.41, 5.74) is 0.133. The maximum atomic E-state index is 12.2. The van der Waals surface area contributed by atoms with Crippen LogP contribution in [-0.4, -0.2) is 15.6 Å². The molecule has 0 unspecified atom stereocenters. The van der Waals surface area contributed by atoms with Gasteiger partial charge in [0, 0.05) is 17.5 Å². The second-order valence-electron chi connectivity index (χ2n) is 4.21. The van der Waals surface area contributed by atoms with Crippen LogP contribution in [0.5, 0.6) is 0 Å². The van der Waals surface area contributed by atoms with E-state index in [9.17, 15) is 9.59 Å². The topological polar surface area (TPSA) is 75.8 Å². The van der Waals surface area contributed by atoms with Crippen LogP contribution in [0.15, 0.2) is 29.1 Å². The first-order valence-electron chi connectivity index (χ1n) is 5.76. The number of carbonyl (C=O) groups excluding carboxylic acids is 1. The molecule has 0 spiro atoms. The third-order valence-corrected chi connectivity index (χ3v) is 3.07. The molecule has 1 heterocycles. The summed E-state index contributed by atoms with van der Waals surface area (Å²) in [7, 11) is 0. The molecule has 20 heavy (non-hydrogen) atoms. The van der Waals surface area contributed by atoms with Crippen LogP contribution in [0.3, 0.4) is 0 Å². The van der Waals surface area contributed by atoms with Crippen molar-refractivity contribution >= 4 is 17.4 Å². The predicted octanol–water partition coefficient (Wildman–Crippen LogP) is 2.27. The monoisotopic (exact) mass is 287 g/mol. The maximum absolute atomic E-state index is 12.2. The molecule has 0 aliphatic carbocycles. The van der Waals surface area contributed by atoms with Crippen molar-refractivity contribution in [3.63, 3.8) is 0 Å². The van der Waals surface area contributed by atoms with Gasteiger partial charge < -0.3 is 0 Å². The first-order valence-corrected chi connectivity index (χ1v) is 6.14. The zero-order valence-electron chi connectivity index (χ0n) is 10.8. The summed E-state index contributed by atoms with van der Waals surface area (Å²) >= 11 is 5.88. The van der Waals surface area contributed by atoms with Crippen LogP contribution in [-0.2, 0) is 0 Å². The zero-order chi connectivity index (χ0) is 14.9. The van der Waals surface area contributed by atoms with Gasteiger partial charge in [-0.1, -0.05) is 17.7 Å². The molecule has 0 amide bonds. The van der Waals surface area contributed by atoms with E-state index in [1.807, 2.05) is 6.07 Å². The number of carbonyl (C=O) groups is 1. The first-order chi connectivity index (χ1) is 9.45. The molecule has 0 radical (unpaired) electrons. The standard InChI is InChI=1S/C14H10ClN3O2/c1-8-12(7-16)14(20)18(17-13(8)9(2)19)11-5-3-4-10(15)6-11/h3-6H,1-2H3. The van der Waals surface area contributed by atoms with Crippen LogP contribution in [0.4, 0.5) is 0 Å². The second-order valence-corrected chi connectivity index (χ2v) is 4.65. The molecule has 2 rings (SSSR count). The number of ketones is 1. The fourth-order valence-electron chi connectivity index (χ4n) is 1.85. The van der Waals surface area contributed by atoms with Gasteiger partial charge in [-0.2, -0.15) is 15.0 Å². The lowest BCUT2D eigenvalue weighted by Crippen LogP contribution is -2.27. The SMILES string of the molecule is CC(=O)c1nn(-c2cccc(Cl)c2)c(=O)c(C#N)c1C. The van der Waals surface area contributed by atoms with Gasteiger partial charge in [-0.3, -0.25) is 9.59 Å². The number of nitrogens with zero attached hydrogens (tertiary/aromatic N) is 3. The van der Waals surface area contributed by atoms with Crippen molar-refractivity contribution in [2.75, 3.05) is 0 Å². The molecule has 100 valence electrons. The van der Waals surface area contributed by atoms with Gasteiger partial charge in [0.2, 0.25) is 0 Å². The molecule has 5 nitrogen and oxygen atoms in total. The highest BCUT2D eigenvalue weighted by molar-refractivity contribution is 6.30. The van der Waals surface area contributed by atoms with E-state index >= 15 is 0 Å². The van der Waals surface area contributed by atoms with E-state index in [2.05, 4.69) is 5.10 Å². The van der Waals surface area contributed by atoms with Gasteiger partial charge in [0.05, 0.1) is 5.69 Å². The minimum Gasteiger partial charge on any atom is -0.293 e. The Kier molecular flexibility index (Phi) is 3.68. The summed E-state index contributed by atoms with van der Waals surface area (Å²) < 4.78 is 1.02. The highest BCUT2D eigenvalue weighted by atomic mass is 35.5. The molecule has 2 aromatic rings. The lowest BCUT2D eigenvalue weighted by atomic mass is 10.1. The molecule has 0 atom stereocenters. The normalized spacial score (nSPS) is 10.1. The summed E-state index contributed by atoms with van der Waals surface area (Å²) in [4.78, 5) is 23.8. The van der Waals surface area contributed by atoms with Crippen molar-refractivity contribution in [3.8, 4) is 11.8 Å². The second kappa shape index (κ2) is 5.27. The van der Waals surface area contributed by atoms with E-state index in [0.717, 1.165) is 4.68 Å². The number of hydrogen-bond donors (Lipinski definition) is 0. The number of nitriles is 1. The predicted molar refractivity (Wildman–Crippen MR) is 74.3 cm³/mol. The molecule has 0 bridgehead atoms. The van der Waals surface area contributed by atoms with Gasteiger partial charge in [0.1, 0.15) is 17.3 Å². The molecule has 0 fully saturated rings. The number of hydrogen-bond acceptors (Lipinski definition) is 4. The highest BCUT2D eigenvalue weighted by Crippen LogP contribution is 2.14. The minimum absolute atomic E-state index is 0.0924. The summed E-state index contributed by atoms with van der Waals surface area (Å²) in [6.45, 7) is 2.87. The molecule has 1 aromatic heterocycles. The molecule has 0 aliphatic rings. The van der Waals surface area contributed by atoms with Crippen molar-refractivity contribution in [1.29, 1.82) is 5.26 Å². The molecular weight excluding hydrogens is 278 g/mol. The first kappa shape index (κ1) is 14.0. The van der Waals surface area contributed by atoms with Crippen LogP contribution >= 0.6 is 11.6 Å². The number of rotatable bonds is 2. The molecule has 0 saturated carbocycles. The summed E-state index contributed by atoms with van der Waals surface area (Å²) in [5.74, 6) is -0.310. The van der Waals surface area contributed by atoms with Crippen molar-refractivity contribution in [2.24, 2.45) is 0 Å². The third kappa shape index (κ3) is 2.33. The lowest BCUT2D eigenvalue weighted by molar-refractivity contribution is 0.101. The van der Waals surface area contributed by atoms with Gasteiger partial charge in [-0.05, 0) is 25.1 Å². The molecular formula is C14H10ClN3O2. The van der Waals surface area contributed by atoms with E-state index in [0.29, 0.717) is 16.3 Å². The van der Waals surface area contributed by atoms with Crippen LogP contribution in [0.25, 0.3) is 5.69 Å². The molecule has 6 heteroatoms.